The average Bonchev–Trinajstić information content (AvgIpc) is 2.74. The second-order valence-corrected chi connectivity index (χ2v) is 5.68. The first-order valence-electron chi connectivity index (χ1n) is 5.67. The van der Waals surface area contributed by atoms with E-state index in [9.17, 15) is 9.59 Å². The predicted octanol–water partition coefficient (Wildman–Crippen LogP) is 2.76. The van der Waals surface area contributed by atoms with E-state index >= 15 is 0 Å². The number of thiophene rings is 1. The van der Waals surface area contributed by atoms with Crippen molar-refractivity contribution in [2.75, 3.05) is 0 Å². The minimum Gasteiger partial charge on any atom is -0.478 e. The van der Waals surface area contributed by atoms with E-state index in [-0.39, 0.29) is 11.4 Å². The Kier molecular flexibility index (Phi) is 4.67. The molecule has 0 bridgehead atoms. The van der Waals surface area contributed by atoms with Gasteiger partial charge in [-0.05, 0) is 38.5 Å². The Bertz CT molecular complexity index is 474. The van der Waals surface area contributed by atoms with Crippen LogP contribution in [0.1, 0.15) is 41.7 Å². The molecule has 1 aromatic heterocycles. The zero-order valence-corrected chi connectivity index (χ0v) is 11.5. The van der Waals surface area contributed by atoms with Gasteiger partial charge in [-0.25, -0.2) is 4.79 Å². The molecule has 1 aromatic rings. The van der Waals surface area contributed by atoms with E-state index in [1.807, 2.05) is 20.8 Å². The van der Waals surface area contributed by atoms with E-state index in [1.165, 1.54) is 17.4 Å². The van der Waals surface area contributed by atoms with Crippen LogP contribution in [0.2, 0.25) is 0 Å². The summed E-state index contributed by atoms with van der Waals surface area (Å²) in [4.78, 5) is 23.6. The fourth-order valence-electron chi connectivity index (χ4n) is 1.18. The highest BCUT2D eigenvalue weighted by Crippen LogP contribution is 2.19. The van der Waals surface area contributed by atoms with Gasteiger partial charge in [-0.15, -0.1) is 11.3 Å². The monoisotopic (exact) mass is 267 g/mol. The lowest BCUT2D eigenvalue weighted by atomic mass is 10.0. The van der Waals surface area contributed by atoms with Crippen LogP contribution in [0.5, 0.6) is 0 Å². The van der Waals surface area contributed by atoms with Gasteiger partial charge in [0.15, 0.2) is 0 Å². The SMILES string of the molecule is CCC(C)(C)NC(=O)c1ccc(C=CC(=O)O)s1. The van der Waals surface area contributed by atoms with E-state index < -0.39 is 5.97 Å². The van der Waals surface area contributed by atoms with Crippen LogP contribution in [0.3, 0.4) is 0 Å². The van der Waals surface area contributed by atoms with Crippen LogP contribution in [0.15, 0.2) is 18.2 Å². The van der Waals surface area contributed by atoms with Crippen molar-refractivity contribution in [3.63, 3.8) is 0 Å². The molecular weight excluding hydrogens is 250 g/mol. The normalized spacial score (nSPS) is 11.7. The molecule has 0 saturated carbocycles. The summed E-state index contributed by atoms with van der Waals surface area (Å²) in [7, 11) is 0. The number of hydrogen-bond donors (Lipinski definition) is 2. The Hall–Kier alpha value is -1.62. The van der Waals surface area contributed by atoms with E-state index in [1.54, 1.807) is 12.1 Å². The van der Waals surface area contributed by atoms with Gasteiger partial charge in [0.05, 0.1) is 4.88 Å². The lowest BCUT2D eigenvalue weighted by Gasteiger charge is -2.23. The molecule has 0 aliphatic carbocycles. The molecule has 18 heavy (non-hydrogen) atoms. The number of nitrogens with one attached hydrogen (secondary N) is 1. The smallest absolute Gasteiger partial charge is 0.328 e. The highest BCUT2D eigenvalue weighted by Gasteiger charge is 2.19. The molecule has 0 saturated heterocycles. The molecule has 1 heterocycles. The van der Waals surface area contributed by atoms with Crippen LogP contribution in [-0.2, 0) is 4.79 Å². The first-order chi connectivity index (χ1) is 8.34. The second-order valence-electron chi connectivity index (χ2n) is 4.57. The predicted molar refractivity (Wildman–Crippen MR) is 72.8 cm³/mol. The van der Waals surface area contributed by atoms with Crippen molar-refractivity contribution in [1.82, 2.24) is 5.32 Å². The maximum atomic E-state index is 11.9. The minimum atomic E-state index is -0.999. The Balaban J connectivity index is 2.74. The van der Waals surface area contributed by atoms with E-state index in [4.69, 9.17) is 5.11 Å². The first-order valence-corrected chi connectivity index (χ1v) is 6.49. The third kappa shape index (κ3) is 4.33. The highest BCUT2D eigenvalue weighted by atomic mass is 32.1. The van der Waals surface area contributed by atoms with Crippen LogP contribution in [0.4, 0.5) is 0 Å². The van der Waals surface area contributed by atoms with Crippen LogP contribution < -0.4 is 5.32 Å². The number of carbonyl (C=O) groups is 2. The minimum absolute atomic E-state index is 0.123. The standard InChI is InChI=1S/C13H17NO3S/c1-4-13(2,3)14-12(17)10-7-5-9(18-10)6-8-11(15)16/h5-8H,4H2,1-3H3,(H,14,17)(H,15,16). The fraction of sp³-hybridized carbons (Fsp3) is 0.385. The summed E-state index contributed by atoms with van der Waals surface area (Å²) >= 11 is 1.27. The third-order valence-corrected chi connectivity index (χ3v) is 3.63. The number of amides is 1. The molecule has 0 aromatic carbocycles. The van der Waals surface area contributed by atoms with Gasteiger partial charge in [0.2, 0.25) is 0 Å². The van der Waals surface area contributed by atoms with Gasteiger partial charge in [0.1, 0.15) is 0 Å². The van der Waals surface area contributed by atoms with Gasteiger partial charge in [0.25, 0.3) is 5.91 Å². The summed E-state index contributed by atoms with van der Waals surface area (Å²) in [5, 5.41) is 11.4. The van der Waals surface area contributed by atoms with Gasteiger partial charge in [-0.3, -0.25) is 4.79 Å². The summed E-state index contributed by atoms with van der Waals surface area (Å²) in [6.07, 6.45) is 3.38. The molecule has 0 aliphatic rings. The van der Waals surface area contributed by atoms with Crippen molar-refractivity contribution in [3.8, 4) is 0 Å². The number of carboxylic acid groups (broad SMARTS) is 1. The summed E-state index contributed by atoms with van der Waals surface area (Å²) in [6.45, 7) is 5.93. The molecule has 0 unspecified atom stereocenters. The van der Waals surface area contributed by atoms with Gasteiger partial charge in [-0.2, -0.15) is 0 Å². The Morgan fingerprint density at radius 3 is 2.67 bits per heavy atom. The topological polar surface area (TPSA) is 66.4 Å². The Morgan fingerprint density at radius 2 is 2.11 bits per heavy atom. The number of rotatable bonds is 5. The van der Waals surface area contributed by atoms with Gasteiger partial charge < -0.3 is 10.4 Å². The van der Waals surface area contributed by atoms with Crippen molar-refractivity contribution in [2.45, 2.75) is 32.7 Å². The summed E-state index contributed by atoms with van der Waals surface area (Å²) in [5.41, 5.74) is -0.238. The Morgan fingerprint density at radius 1 is 1.44 bits per heavy atom. The molecular formula is C13H17NO3S. The Labute approximate surface area is 110 Å². The first kappa shape index (κ1) is 14.4. The lowest BCUT2D eigenvalue weighted by Crippen LogP contribution is -2.42. The zero-order chi connectivity index (χ0) is 13.8. The zero-order valence-electron chi connectivity index (χ0n) is 10.7. The molecule has 98 valence electrons. The van der Waals surface area contributed by atoms with E-state index in [2.05, 4.69) is 5.32 Å². The van der Waals surface area contributed by atoms with Crippen molar-refractivity contribution in [2.24, 2.45) is 0 Å². The summed E-state index contributed by atoms with van der Waals surface area (Å²) < 4.78 is 0. The quantitative estimate of drug-likeness (QED) is 0.806. The molecule has 0 atom stereocenters. The van der Waals surface area contributed by atoms with Gasteiger partial charge >= 0.3 is 5.97 Å². The number of hydrogen-bond acceptors (Lipinski definition) is 3. The van der Waals surface area contributed by atoms with E-state index in [0.717, 1.165) is 17.4 Å². The largest absolute Gasteiger partial charge is 0.478 e. The highest BCUT2D eigenvalue weighted by molar-refractivity contribution is 7.14. The van der Waals surface area contributed by atoms with Crippen LogP contribution in [-0.4, -0.2) is 22.5 Å². The van der Waals surface area contributed by atoms with Crippen molar-refractivity contribution in [1.29, 1.82) is 0 Å². The third-order valence-electron chi connectivity index (χ3n) is 2.58. The average molecular weight is 267 g/mol. The van der Waals surface area contributed by atoms with Crippen molar-refractivity contribution >= 4 is 29.3 Å². The van der Waals surface area contributed by atoms with Crippen LogP contribution in [0, 0.1) is 0 Å². The summed E-state index contributed by atoms with van der Waals surface area (Å²) in [6, 6.07) is 3.44. The molecule has 4 nitrogen and oxygen atoms in total. The molecule has 5 heteroatoms. The number of carboxylic acids is 1. The molecule has 1 amide bonds. The van der Waals surface area contributed by atoms with Crippen LogP contribution in [0.25, 0.3) is 6.08 Å². The van der Waals surface area contributed by atoms with Gasteiger partial charge in [-0.1, -0.05) is 6.92 Å². The molecule has 0 spiro atoms. The fourth-order valence-corrected chi connectivity index (χ4v) is 1.98. The molecule has 1 rings (SSSR count). The number of aliphatic carboxylic acids is 1. The van der Waals surface area contributed by atoms with Crippen LogP contribution >= 0.6 is 11.3 Å². The molecule has 0 aliphatic heterocycles. The maximum Gasteiger partial charge on any atom is 0.328 e. The summed E-state index contributed by atoms with van der Waals surface area (Å²) in [5.74, 6) is -1.12. The van der Waals surface area contributed by atoms with Crippen molar-refractivity contribution < 1.29 is 14.7 Å². The lowest BCUT2D eigenvalue weighted by molar-refractivity contribution is -0.131. The maximum absolute atomic E-state index is 11.9. The molecule has 0 radical (unpaired) electrons. The van der Waals surface area contributed by atoms with Gasteiger partial charge in [0, 0.05) is 16.5 Å². The second kappa shape index (κ2) is 5.82. The molecule has 2 N–H and O–H groups in total. The molecule has 0 fully saturated rings. The number of carbonyl (C=O) groups excluding carboxylic acids is 1. The van der Waals surface area contributed by atoms with E-state index in [0.29, 0.717) is 4.88 Å². The van der Waals surface area contributed by atoms with Crippen molar-refractivity contribution in [3.05, 3.63) is 28.0 Å².